The van der Waals surface area contributed by atoms with Crippen molar-refractivity contribution in [3.63, 3.8) is 0 Å². The Balaban J connectivity index is 1.47. The van der Waals surface area contributed by atoms with E-state index >= 15 is 0 Å². The van der Waals surface area contributed by atoms with Gasteiger partial charge in [0.1, 0.15) is 16.5 Å². The lowest BCUT2D eigenvalue weighted by Gasteiger charge is -2.04. The minimum atomic E-state index is -0.243. The van der Waals surface area contributed by atoms with Crippen LogP contribution in [0.5, 0.6) is 0 Å². The van der Waals surface area contributed by atoms with Crippen LogP contribution in [0.2, 0.25) is 5.02 Å². The first kappa shape index (κ1) is 16.5. The number of hydrogen-bond donors (Lipinski definition) is 2. The maximum absolute atomic E-state index is 12.4. The van der Waals surface area contributed by atoms with Crippen molar-refractivity contribution < 1.29 is 4.79 Å². The van der Waals surface area contributed by atoms with E-state index in [0.717, 1.165) is 22.0 Å². The van der Waals surface area contributed by atoms with Crippen molar-refractivity contribution in [2.24, 2.45) is 0 Å². The summed E-state index contributed by atoms with van der Waals surface area (Å²) in [6.45, 7) is 0. The van der Waals surface area contributed by atoms with Gasteiger partial charge < -0.3 is 10.3 Å². The maximum atomic E-state index is 12.4. The molecule has 0 aliphatic carbocycles. The Hall–Kier alpha value is -2.96. The van der Waals surface area contributed by atoms with Crippen LogP contribution >= 0.6 is 22.9 Å². The van der Waals surface area contributed by atoms with E-state index in [0.29, 0.717) is 16.4 Å². The largest absolute Gasteiger partial charge is 0.345 e. The van der Waals surface area contributed by atoms with Gasteiger partial charge in [-0.3, -0.25) is 4.79 Å². The number of anilines is 1. The molecule has 4 rings (SSSR count). The predicted molar refractivity (Wildman–Crippen MR) is 105 cm³/mol. The first-order valence-corrected chi connectivity index (χ1v) is 9.07. The third-order valence-electron chi connectivity index (χ3n) is 3.74. The molecule has 0 bridgehead atoms. The number of carbonyl (C=O) groups is 1. The van der Waals surface area contributed by atoms with Crippen LogP contribution in [0.1, 0.15) is 10.5 Å². The molecule has 128 valence electrons. The molecule has 26 heavy (non-hydrogen) atoms. The number of aromatic nitrogens is 3. The monoisotopic (exact) mass is 380 g/mol. The molecule has 2 heterocycles. The van der Waals surface area contributed by atoms with Gasteiger partial charge in [0, 0.05) is 39.6 Å². The molecule has 1 amide bonds. The molecule has 0 atom stereocenters. The molecule has 0 aliphatic heterocycles. The van der Waals surface area contributed by atoms with Gasteiger partial charge in [0.25, 0.3) is 5.91 Å². The number of hydrogen-bond acceptors (Lipinski definition) is 4. The van der Waals surface area contributed by atoms with Gasteiger partial charge in [0.15, 0.2) is 0 Å². The molecule has 2 aromatic heterocycles. The summed E-state index contributed by atoms with van der Waals surface area (Å²) in [7, 11) is 0. The Kier molecular flexibility index (Phi) is 4.51. The van der Waals surface area contributed by atoms with E-state index in [1.54, 1.807) is 29.9 Å². The number of aromatic amines is 1. The van der Waals surface area contributed by atoms with Crippen LogP contribution in [0, 0.1) is 0 Å². The molecule has 4 aromatic rings. The fraction of sp³-hybridized carbons (Fsp3) is 0. The van der Waals surface area contributed by atoms with Gasteiger partial charge in [-0.15, -0.1) is 11.3 Å². The molecule has 2 aromatic carbocycles. The van der Waals surface area contributed by atoms with Crippen LogP contribution in [0.4, 0.5) is 5.69 Å². The second-order valence-corrected chi connectivity index (χ2v) is 6.81. The number of halogens is 1. The van der Waals surface area contributed by atoms with Crippen molar-refractivity contribution in [2.75, 3.05) is 5.32 Å². The zero-order valence-electron chi connectivity index (χ0n) is 13.4. The summed E-state index contributed by atoms with van der Waals surface area (Å²) in [6, 6.07) is 14.8. The summed E-state index contributed by atoms with van der Waals surface area (Å²) >= 11 is 7.32. The molecule has 7 heteroatoms. The smallest absolute Gasteiger partial charge is 0.275 e. The fourth-order valence-corrected chi connectivity index (χ4v) is 3.36. The van der Waals surface area contributed by atoms with Gasteiger partial charge in [-0.1, -0.05) is 23.7 Å². The number of carbonyl (C=O) groups excluding carboxylic acids is 1. The van der Waals surface area contributed by atoms with E-state index < -0.39 is 0 Å². The van der Waals surface area contributed by atoms with E-state index in [1.165, 1.54) is 11.3 Å². The number of benzene rings is 2. The minimum Gasteiger partial charge on any atom is -0.345 e. The Morgan fingerprint density at radius 1 is 1.04 bits per heavy atom. The van der Waals surface area contributed by atoms with Crippen molar-refractivity contribution in [3.8, 4) is 22.0 Å². The third kappa shape index (κ3) is 3.51. The second kappa shape index (κ2) is 7.11. The van der Waals surface area contributed by atoms with E-state index in [-0.39, 0.29) is 5.91 Å². The summed E-state index contributed by atoms with van der Waals surface area (Å²) < 4.78 is 0. The predicted octanol–water partition coefficient (Wildman–Crippen LogP) is 5.11. The molecule has 0 saturated carbocycles. The summed E-state index contributed by atoms with van der Waals surface area (Å²) in [5.41, 5.74) is 2.97. The molecular formula is C19H13ClN4OS. The molecule has 0 saturated heterocycles. The van der Waals surface area contributed by atoms with Crippen LogP contribution in [-0.2, 0) is 0 Å². The molecule has 0 aliphatic rings. The highest BCUT2D eigenvalue weighted by atomic mass is 35.5. The van der Waals surface area contributed by atoms with Crippen LogP contribution in [0.25, 0.3) is 22.0 Å². The van der Waals surface area contributed by atoms with Crippen molar-refractivity contribution in [1.82, 2.24) is 15.0 Å². The number of nitrogens with zero attached hydrogens (tertiary/aromatic N) is 2. The van der Waals surface area contributed by atoms with Gasteiger partial charge in [-0.05, 0) is 36.4 Å². The van der Waals surface area contributed by atoms with Gasteiger partial charge in [-0.2, -0.15) is 0 Å². The SMILES string of the molecule is O=C(Nc1ccc(-c2ncc[nH]2)cc1)c1csc(-c2ccc(Cl)cc2)n1. The van der Waals surface area contributed by atoms with E-state index in [1.807, 2.05) is 36.4 Å². The van der Waals surface area contributed by atoms with Crippen LogP contribution in [0.3, 0.4) is 0 Å². The van der Waals surface area contributed by atoms with Gasteiger partial charge in [-0.25, -0.2) is 9.97 Å². The van der Waals surface area contributed by atoms with Crippen molar-refractivity contribution in [3.05, 3.63) is 77.0 Å². The van der Waals surface area contributed by atoms with E-state index in [2.05, 4.69) is 20.3 Å². The highest BCUT2D eigenvalue weighted by Gasteiger charge is 2.12. The average Bonchev–Trinajstić information content (AvgIpc) is 3.35. The molecule has 0 spiro atoms. The van der Waals surface area contributed by atoms with Crippen molar-refractivity contribution in [1.29, 1.82) is 0 Å². The normalized spacial score (nSPS) is 10.7. The summed E-state index contributed by atoms with van der Waals surface area (Å²) in [4.78, 5) is 24.1. The lowest BCUT2D eigenvalue weighted by Crippen LogP contribution is -2.12. The molecule has 5 nitrogen and oxygen atoms in total. The highest BCUT2D eigenvalue weighted by molar-refractivity contribution is 7.13. The number of nitrogens with one attached hydrogen (secondary N) is 2. The second-order valence-electron chi connectivity index (χ2n) is 5.51. The molecule has 0 fully saturated rings. The lowest BCUT2D eigenvalue weighted by atomic mass is 10.2. The molecule has 2 N–H and O–H groups in total. The topological polar surface area (TPSA) is 70.7 Å². The Morgan fingerprint density at radius 3 is 2.46 bits per heavy atom. The Morgan fingerprint density at radius 2 is 1.77 bits per heavy atom. The third-order valence-corrected chi connectivity index (χ3v) is 4.89. The van der Waals surface area contributed by atoms with Gasteiger partial charge in [0.05, 0.1) is 0 Å². The van der Waals surface area contributed by atoms with E-state index in [9.17, 15) is 4.79 Å². The summed E-state index contributed by atoms with van der Waals surface area (Å²) in [6.07, 6.45) is 3.47. The summed E-state index contributed by atoms with van der Waals surface area (Å²) in [5.74, 6) is 0.544. The summed E-state index contributed by atoms with van der Waals surface area (Å²) in [5, 5.41) is 6.05. The molecule has 0 unspecified atom stereocenters. The fourth-order valence-electron chi connectivity index (χ4n) is 2.43. The number of rotatable bonds is 4. The number of H-pyrrole nitrogens is 1. The van der Waals surface area contributed by atoms with E-state index in [4.69, 9.17) is 11.6 Å². The molecule has 0 radical (unpaired) electrons. The van der Waals surface area contributed by atoms with Gasteiger partial charge >= 0.3 is 0 Å². The zero-order chi connectivity index (χ0) is 17.9. The van der Waals surface area contributed by atoms with Crippen molar-refractivity contribution in [2.45, 2.75) is 0 Å². The first-order valence-electron chi connectivity index (χ1n) is 7.82. The average molecular weight is 381 g/mol. The van der Waals surface area contributed by atoms with Crippen LogP contribution in [-0.4, -0.2) is 20.9 Å². The Labute approximate surface area is 158 Å². The zero-order valence-corrected chi connectivity index (χ0v) is 15.0. The lowest BCUT2D eigenvalue weighted by molar-refractivity contribution is 0.102. The van der Waals surface area contributed by atoms with Crippen molar-refractivity contribution >= 4 is 34.5 Å². The first-order chi connectivity index (χ1) is 12.7. The Bertz CT molecular complexity index is 1020. The number of imidazole rings is 1. The maximum Gasteiger partial charge on any atom is 0.275 e. The molecular weight excluding hydrogens is 368 g/mol. The standard InChI is InChI=1S/C19H13ClN4OS/c20-14-5-1-13(2-6-14)19-24-16(11-26-19)18(25)23-15-7-3-12(4-8-15)17-21-9-10-22-17/h1-11H,(H,21,22)(H,23,25). The highest BCUT2D eigenvalue weighted by Crippen LogP contribution is 2.25. The van der Waals surface area contributed by atoms with Crippen LogP contribution < -0.4 is 5.32 Å². The van der Waals surface area contributed by atoms with Crippen LogP contribution in [0.15, 0.2) is 66.3 Å². The number of thiazole rings is 1. The quantitative estimate of drug-likeness (QED) is 0.517. The number of amides is 1. The minimum absolute atomic E-state index is 0.243. The van der Waals surface area contributed by atoms with Gasteiger partial charge in [0.2, 0.25) is 0 Å².